The Labute approximate surface area is 179 Å². The number of aliphatic hydroxyl groups is 1. The molecule has 1 amide bonds. The van der Waals surface area contributed by atoms with Crippen molar-refractivity contribution in [3.05, 3.63) is 48.0 Å². The van der Waals surface area contributed by atoms with Crippen LogP contribution in [0.5, 0.6) is 0 Å². The summed E-state index contributed by atoms with van der Waals surface area (Å²) in [6.07, 6.45) is -0.462. The molecule has 1 fully saturated rings. The fourth-order valence-corrected chi connectivity index (χ4v) is 3.74. The fraction of sp³-hybridized carbons (Fsp3) is 0.542. The minimum Gasteiger partial charge on any atom is -0.389 e. The molecule has 0 aliphatic carbocycles. The van der Waals surface area contributed by atoms with Gasteiger partial charge in [-0.2, -0.15) is 0 Å². The summed E-state index contributed by atoms with van der Waals surface area (Å²) in [5.41, 5.74) is 0.500. The lowest BCUT2D eigenvalue weighted by atomic mass is 10.0. The Kier molecular flexibility index (Phi) is 7.83. The topological polar surface area (TPSA) is 65.0 Å². The maximum atomic E-state index is 12.6. The summed E-state index contributed by atoms with van der Waals surface area (Å²) in [4.78, 5) is 17.3. The molecule has 0 bridgehead atoms. The predicted octanol–water partition coefficient (Wildman–Crippen LogP) is 2.36. The third-order valence-corrected chi connectivity index (χ3v) is 5.39. The van der Waals surface area contributed by atoms with Crippen molar-refractivity contribution in [2.24, 2.45) is 0 Å². The van der Waals surface area contributed by atoms with Gasteiger partial charge in [-0.1, -0.05) is 36.4 Å². The molecule has 164 valence electrons. The molecule has 0 radical (unpaired) electrons. The Morgan fingerprint density at radius 3 is 2.47 bits per heavy atom. The van der Waals surface area contributed by atoms with Crippen molar-refractivity contribution < 1.29 is 14.6 Å². The van der Waals surface area contributed by atoms with Gasteiger partial charge in [0.05, 0.1) is 18.3 Å². The number of hydrogen-bond acceptors (Lipinski definition) is 5. The van der Waals surface area contributed by atoms with Gasteiger partial charge in [0.25, 0.3) is 5.91 Å². The zero-order chi connectivity index (χ0) is 21.6. The fourth-order valence-electron chi connectivity index (χ4n) is 3.74. The molecule has 2 N–H and O–H groups in total. The van der Waals surface area contributed by atoms with Crippen molar-refractivity contribution in [2.75, 3.05) is 52.4 Å². The van der Waals surface area contributed by atoms with Gasteiger partial charge in [0.1, 0.15) is 0 Å². The summed E-state index contributed by atoms with van der Waals surface area (Å²) in [6, 6.07) is 13.8. The van der Waals surface area contributed by atoms with Crippen LogP contribution >= 0.6 is 0 Å². The molecule has 6 heteroatoms. The van der Waals surface area contributed by atoms with Crippen molar-refractivity contribution in [1.29, 1.82) is 0 Å². The average molecular weight is 414 g/mol. The number of piperazine rings is 1. The molecule has 0 spiro atoms. The van der Waals surface area contributed by atoms with Crippen LogP contribution in [0.4, 0.5) is 0 Å². The maximum Gasteiger partial charge on any atom is 0.251 e. The third-order valence-electron chi connectivity index (χ3n) is 5.39. The van der Waals surface area contributed by atoms with Crippen LogP contribution in [0.15, 0.2) is 42.5 Å². The summed E-state index contributed by atoms with van der Waals surface area (Å²) >= 11 is 0. The normalized spacial score (nSPS) is 17.2. The van der Waals surface area contributed by atoms with E-state index in [0.29, 0.717) is 19.7 Å². The lowest BCUT2D eigenvalue weighted by Gasteiger charge is -2.35. The van der Waals surface area contributed by atoms with Gasteiger partial charge in [0.15, 0.2) is 0 Å². The summed E-state index contributed by atoms with van der Waals surface area (Å²) in [6.45, 7) is 12.2. The molecule has 1 aliphatic heterocycles. The monoisotopic (exact) mass is 413 g/mol. The van der Waals surface area contributed by atoms with Crippen molar-refractivity contribution in [2.45, 2.75) is 32.5 Å². The van der Waals surface area contributed by atoms with Gasteiger partial charge >= 0.3 is 0 Å². The van der Waals surface area contributed by atoms with Gasteiger partial charge in [0, 0.05) is 51.4 Å². The molecule has 1 aliphatic rings. The summed E-state index contributed by atoms with van der Waals surface area (Å²) < 4.78 is 5.67. The van der Waals surface area contributed by atoms with Crippen molar-refractivity contribution in [3.8, 4) is 0 Å². The molecule has 0 aromatic heterocycles. The molecule has 1 saturated heterocycles. The van der Waals surface area contributed by atoms with E-state index in [1.165, 1.54) is 0 Å². The molecule has 2 aromatic carbocycles. The van der Waals surface area contributed by atoms with E-state index in [0.717, 1.165) is 49.1 Å². The van der Waals surface area contributed by atoms with Crippen molar-refractivity contribution in [1.82, 2.24) is 15.1 Å². The van der Waals surface area contributed by atoms with E-state index in [2.05, 4.69) is 15.1 Å². The molecule has 1 atom stereocenters. The summed E-state index contributed by atoms with van der Waals surface area (Å²) in [5, 5.41) is 15.3. The number of ether oxygens (including phenoxy) is 1. The smallest absolute Gasteiger partial charge is 0.251 e. The second kappa shape index (κ2) is 10.4. The second-order valence-electron chi connectivity index (χ2n) is 9.00. The SMILES string of the molecule is CC(C)(C)OCC(O)CN1CCN(CCNC(=O)c2cccc3ccccc23)CC1. The molecule has 3 rings (SSSR count). The van der Waals surface area contributed by atoms with Gasteiger partial charge in [0.2, 0.25) is 0 Å². The van der Waals surface area contributed by atoms with Gasteiger partial charge in [-0.15, -0.1) is 0 Å². The highest BCUT2D eigenvalue weighted by Crippen LogP contribution is 2.18. The predicted molar refractivity (Wildman–Crippen MR) is 121 cm³/mol. The van der Waals surface area contributed by atoms with Crippen LogP contribution in [0, 0.1) is 0 Å². The Morgan fingerprint density at radius 2 is 1.73 bits per heavy atom. The van der Waals surface area contributed by atoms with E-state index in [-0.39, 0.29) is 11.5 Å². The van der Waals surface area contributed by atoms with Crippen LogP contribution in [0.2, 0.25) is 0 Å². The van der Waals surface area contributed by atoms with Crippen LogP contribution in [0.25, 0.3) is 10.8 Å². The van der Waals surface area contributed by atoms with Gasteiger partial charge in [-0.25, -0.2) is 0 Å². The first kappa shape index (κ1) is 22.7. The number of carbonyl (C=O) groups excluding carboxylic acids is 1. The number of benzene rings is 2. The first-order valence-corrected chi connectivity index (χ1v) is 10.8. The summed E-state index contributed by atoms with van der Waals surface area (Å²) in [7, 11) is 0. The van der Waals surface area contributed by atoms with Gasteiger partial charge < -0.3 is 15.2 Å². The number of aliphatic hydroxyl groups excluding tert-OH is 1. The minimum absolute atomic E-state index is 0.0209. The van der Waals surface area contributed by atoms with E-state index in [4.69, 9.17) is 4.74 Å². The average Bonchev–Trinajstić information content (AvgIpc) is 2.72. The number of nitrogens with zero attached hydrogens (tertiary/aromatic N) is 2. The van der Waals surface area contributed by atoms with Crippen molar-refractivity contribution in [3.63, 3.8) is 0 Å². The van der Waals surface area contributed by atoms with E-state index >= 15 is 0 Å². The van der Waals surface area contributed by atoms with E-state index in [1.807, 2.05) is 63.2 Å². The Hall–Kier alpha value is -1.99. The van der Waals surface area contributed by atoms with E-state index in [9.17, 15) is 9.90 Å². The molecule has 1 heterocycles. The number of nitrogens with one attached hydrogen (secondary N) is 1. The molecular weight excluding hydrogens is 378 g/mol. The van der Waals surface area contributed by atoms with Crippen molar-refractivity contribution >= 4 is 16.7 Å². The Balaban J connectivity index is 1.37. The molecule has 2 aromatic rings. The maximum absolute atomic E-state index is 12.6. The standard InChI is InChI=1S/C24H35N3O3/c1-24(2,3)30-18-20(28)17-27-15-13-26(14-16-27)12-11-25-23(29)22-10-6-8-19-7-4-5-9-21(19)22/h4-10,20,28H,11-18H2,1-3H3,(H,25,29). The lowest BCUT2D eigenvalue weighted by Crippen LogP contribution is -2.50. The highest BCUT2D eigenvalue weighted by Gasteiger charge is 2.21. The lowest BCUT2D eigenvalue weighted by molar-refractivity contribution is -0.0585. The van der Waals surface area contributed by atoms with Crippen LogP contribution in [0.1, 0.15) is 31.1 Å². The molecular formula is C24H35N3O3. The van der Waals surface area contributed by atoms with Crippen LogP contribution in [-0.4, -0.2) is 84.9 Å². The Morgan fingerprint density at radius 1 is 1.07 bits per heavy atom. The number of hydrogen-bond donors (Lipinski definition) is 2. The zero-order valence-corrected chi connectivity index (χ0v) is 18.4. The largest absolute Gasteiger partial charge is 0.389 e. The van der Waals surface area contributed by atoms with Crippen LogP contribution in [0.3, 0.4) is 0 Å². The highest BCUT2D eigenvalue weighted by atomic mass is 16.5. The summed E-state index contributed by atoms with van der Waals surface area (Å²) in [5.74, 6) is -0.0209. The van der Waals surface area contributed by atoms with Crippen LogP contribution < -0.4 is 5.32 Å². The first-order valence-electron chi connectivity index (χ1n) is 10.8. The second-order valence-corrected chi connectivity index (χ2v) is 9.00. The molecule has 30 heavy (non-hydrogen) atoms. The Bertz CT molecular complexity index is 821. The minimum atomic E-state index is -0.462. The quantitative estimate of drug-likeness (QED) is 0.696. The number of amides is 1. The number of β-amino-alcohol motifs (C(OH)–C–C–N with tert-alkyl or cyclic N) is 1. The third kappa shape index (κ3) is 6.77. The molecule has 0 saturated carbocycles. The first-order chi connectivity index (χ1) is 14.3. The van der Waals surface area contributed by atoms with Gasteiger partial charge in [-0.3, -0.25) is 14.6 Å². The van der Waals surface area contributed by atoms with Gasteiger partial charge in [-0.05, 0) is 37.6 Å². The van der Waals surface area contributed by atoms with E-state index < -0.39 is 6.10 Å². The molecule has 1 unspecified atom stereocenters. The highest BCUT2D eigenvalue weighted by molar-refractivity contribution is 6.06. The number of rotatable bonds is 8. The van der Waals surface area contributed by atoms with Crippen LogP contribution in [-0.2, 0) is 4.74 Å². The number of fused-ring (bicyclic) bond motifs is 1. The number of carbonyl (C=O) groups is 1. The van der Waals surface area contributed by atoms with E-state index in [1.54, 1.807) is 0 Å². The molecule has 6 nitrogen and oxygen atoms in total. The zero-order valence-electron chi connectivity index (χ0n) is 18.4.